The van der Waals surface area contributed by atoms with Crippen LogP contribution in [0.2, 0.25) is 0 Å². The van der Waals surface area contributed by atoms with E-state index in [0.29, 0.717) is 18.2 Å². The van der Waals surface area contributed by atoms with Crippen molar-refractivity contribution in [1.29, 1.82) is 0 Å². The highest BCUT2D eigenvalue weighted by Crippen LogP contribution is 2.24. The third-order valence-electron chi connectivity index (χ3n) is 5.04. The number of carbonyl (C=O) groups is 1. The molecule has 0 atom stereocenters. The van der Waals surface area contributed by atoms with E-state index in [1.165, 1.54) is 17.1 Å². The molecular weight excluding hydrogens is 362 g/mol. The molecular formula is C20H33N3O3S. The minimum atomic E-state index is -3.41. The Morgan fingerprint density at radius 3 is 2.33 bits per heavy atom. The third kappa shape index (κ3) is 7.14. The van der Waals surface area contributed by atoms with Crippen LogP contribution in [0.4, 0.5) is 11.4 Å². The van der Waals surface area contributed by atoms with Crippen LogP contribution in [0, 0.1) is 11.8 Å². The van der Waals surface area contributed by atoms with Gasteiger partial charge >= 0.3 is 0 Å². The second-order valence-corrected chi connectivity index (χ2v) is 10.0. The molecule has 0 radical (unpaired) electrons. The zero-order chi connectivity index (χ0) is 20.0. The molecule has 1 saturated heterocycles. The molecule has 1 aliphatic rings. The first-order valence-electron chi connectivity index (χ1n) is 9.75. The molecule has 1 aliphatic heterocycles. The van der Waals surface area contributed by atoms with E-state index in [2.05, 4.69) is 17.1 Å². The lowest BCUT2D eigenvalue weighted by atomic mass is 9.99. The molecule has 27 heavy (non-hydrogen) atoms. The topological polar surface area (TPSA) is 69.7 Å². The summed E-state index contributed by atoms with van der Waals surface area (Å²) >= 11 is 0. The fourth-order valence-corrected chi connectivity index (χ4v) is 3.94. The number of hydrogen-bond donors (Lipinski definition) is 1. The van der Waals surface area contributed by atoms with Gasteiger partial charge in [-0.3, -0.25) is 4.79 Å². The number of piperidine rings is 1. The predicted molar refractivity (Wildman–Crippen MR) is 112 cm³/mol. The predicted octanol–water partition coefficient (Wildman–Crippen LogP) is 3.17. The van der Waals surface area contributed by atoms with Crippen molar-refractivity contribution in [2.75, 3.05) is 42.7 Å². The van der Waals surface area contributed by atoms with E-state index in [4.69, 9.17) is 0 Å². The van der Waals surface area contributed by atoms with Crippen LogP contribution in [0.25, 0.3) is 0 Å². The van der Waals surface area contributed by atoms with Gasteiger partial charge in [0.25, 0.3) is 0 Å². The lowest BCUT2D eigenvalue weighted by Crippen LogP contribution is -2.38. The van der Waals surface area contributed by atoms with E-state index in [1.54, 1.807) is 0 Å². The van der Waals surface area contributed by atoms with Crippen molar-refractivity contribution >= 4 is 27.3 Å². The van der Waals surface area contributed by atoms with Crippen molar-refractivity contribution in [2.24, 2.45) is 11.8 Å². The summed E-state index contributed by atoms with van der Waals surface area (Å²) in [4.78, 5) is 14.7. The van der Waals surface area contributed by atoms with E-state index in [0.717, 1.165) is 37.4 Å². The number of nitrogens with zero attached hydrogens (tertiary/aromatic N) is 2. The Morgan fingerprint density at radius 2 is 1.81 bits per heavy atom. The summed E-state index contributed by atoms with van der Waals surface area (Å²) in [6.07, 6.45) is 4.28. The van der Waals surface area contributed by atoms with Crippen LogP contribution in [0.1, 0.15) is 40.0 Å². The van der Waals surface area contributed by atoms with Crippen LogP contribution in [0.15, 0.2) is 24.3 Å². The molecule has 152 valence electrons. The first-order valence-corrected chi connectivity index (χ1v) is 11.6. The fourth-order valence-electron chi connectivity index (χ4n) is 3.15. The van der Waals surface area contributed by atoms with Gasteiger partial charge in [0.2, 0.25) is 15.9 Å². The summed E-state index contributed by atoms with van der Waals surface area (Å²) in [5.74, 6) is 0.847. The zero-order valence-electron chi connectivity index (χ0n) is 16.9. The van der Waals surface area contributed by atoms with Gasteiger partial charge in [0.1, 0.15) is 0 Å². The summed E-state index contributed by atoms with van der Waals surface area (Å²) in [7, 11) is -3.41. The first kappa shape index (κ1) is 21.7. The maximum Gasteiger partial charge on any atom is 0.239 e. The molecule has 1 amide bonds. The fraction of sp³-hybridized carbons (Fsp3) is 0.650. The van der Waals surface area contributed by atoms with Gasteiger partial charge in [0.05, 0.1) is 12.8 Å². The van der Waals surface area contributed by atoms with Crippen molar-refractivity contribution in [3.05, 3.63) is 24.3 Å². The van der Waals surface area contributed by atoms with Gasteiger partial charge in [-0.2, -0.15) is 4.31 Å². The number of amides is 1. The summed E-state index contributed by atoms with van der Waals surface area (Å²) in [5, 5.41) is 2.81. The summed E-state index contributed by atoms with van der Waals surface area (Å²) in [6, 6.07) is 7.78. The first-order chi connectivity index (χ1) is 12.6. The number of hydrogen-bond acceptors (Lipinski definition) is 4. The van der Waals surface area contributed by atoms with Crippen molar-refractivity contribution in [1.82, 2.24) is 4.31 Å². The Labute approximate surface area is 164 Å². The van der Waals surface area contributed by atoms with Crippen molar-refractivity contribution in [3.8, 4) is 0 Å². The maximum absolute atomic E-state index is 12.3. The quantitative estimate of drug-likeness (QED) is 0.734. The SMILES string of the molecule is CC(C)CCN(CC(=O)Nc1ccc(N2CCC(C)CC2)cc1)S(C)(=O)=O. The Hall–Kier alpha value is -1.60. The largest absolute Gasteiger partial charge is 0.372 e. The number of sulfonamides is 1. The van der Waals surface area contributed by atoms with E-state index in [9.17, 15) is 13.2 Å². The van der Waals surface area contributed by atoms with Crippen molar-refractivity contribution < 1.29 is 13.2 Å². The van der Waals surface area contributed by atoms with Crippen LogP contribution in [0.5, 0.6) is 0 Å². The monoisotopic (exact) mass is 395 g/mol. The van der Waals surface area contributed by atoms with Gasteiger partial charge in [0, 0.05) is 31.0 Å². The Morgan fingerprint density at radius 1 is 1.22 bits per heavy atom. The highest BCUT2D eigenvalue weighted by molar-refractivity contribution is 7.88. The average Bonchev–Trinajstić information content (AvgIpc) is 2.59. The van der Waals surface area contributed by atoms with Gasteiger partial charge in [-0.05, 0) is 55.4 Å². The van der Waals surface area contributed by atoms with Crippen molar-refractivity contribution in [3.63, 3.8) is 0 Å². The average molecular weight is 396 g/mol. The number of nitrogens with one attached hydrogen (secondary N) is 1. The number of rotatable bonds is 8. The molecule has 0 unspecified atom stereocenters. The normalized spacial score (nSPS) is 16.1. The Bertz CT molecular complexity index is 708. The summed E-state index contributed by atoms with van der Waals surface area (Å²) < 4.78 is 25.1. The molecule has 1 aromatic rings. The molecule has 1 N–H and O–H groups in total. The van der Waals surface area contributed by atoms with Crippen LogP contribution in [-0.2, 0) is 14.8 Å². The third-order valence-corrected chi connectivity index (χ3v) is 6.29. The molecule has 1 aromatic carbocycles. The summed E-state index contributed by atoms with van der Waals surface area (Å²) in [5.41, 5.74) is 1.85. The molecule has 1 heterocycles. The van der Waals surface area contributed by atoms with Gasteiger partial charge in [-0.15, -0.1) is 0 Å². The molecule has 6 nitrogen and oxygen atoms in total. The smallest absolute Gasteiger partial charge is 0.239 e. The molecule has 7 heteroatoms. The van der Waals surface area contributed by atoms with Crippen LogP contribution in [0.3, 0.4) is 0 Å². The van der Waals surface area contributed by atoms with Crippen LogP contribution in [-0.4, -0.2) is 51.1 Å². The minimum Gasteiger partial charge on any atom is -0.372 e. The molecule has 1 fully saturated rings. The van der Waals surface area contributed by atoms with Crippen LogP contribution >= 0.6 is 0 Å². The van der Waals surface area contributed by atoms with Gasteiger partial charge in [-0.25, -0.2) is 8.42 Å². The lowest BCUT2D eigenvalue weighted by molar-refractivity contribution is -0.116. The maximum atomic E-state index is 12.3. The molecule has 0 spiro atoms. The Kier molecular flexibility index (Phi) is 7.68. The van der Waals surface area contributed by atoms with Gasteiger partial charge in [-0.1, -0.05) is 20.8 Å². The highest BCUT2D eigenvalue weighted by atomic mass is 32.2. The molecule has 0 saturated carbocycles. The zero-order valence-corrected chi connectivity index (χ0v) is 17.8. The van der Waals surface area contributed by atoms with Crippen molar-refractivity contribution in [2.45, 2.75) is 40.0 Å². The number of carbonyl (C=O) groups excluding carboxylic acids is 1. The molecule has 0 bridgehead atoms. The van der Waals surface area contributed by atoms with E-state index in [-0.39, 0.29) is 12.5 Å². The standard InChI is InChI=1S/C20H33N3O3S/c1-16(2)9-14-23(27(4,25)26)15-20(24)21-18-5-7-19(8-6-18)22-12-10-17(3)11-13-22/h5-8,16-17H,9-15H2,1-4H3,(H,21,24). The minimum absolute atomic E-state index is 0.155. The Balaban J connectivity index is 1.92. The lowest BCUT2D eigenvalue weighted by Gasteiger charge is -2.32. The van der Waals surface area contributed by atoms with E-state index >= 15 is 0 Å². The molecule has 0 aliphatic carbocycles. The second kappa shape index (κ2) is 9.55. The highest BCUT2D eigenvalue weighted by Gasteiger charge is 2.20. The van der Waals surface area contributed by atoms with Gasteiger partial charge < -0.3 is 10.2 Å². The summed E-state index contributed by atoms with van der Waals surface area (Å²) in [6.45, 7) is 8.68. The number of benzene rings is 1. The van der Waals surface area contributed by atoms with Crippen LogP contribution < -0.4 is 10.2 Å². The van der Waals surface area contributed by atoms with Gasteiger partial charge in [0.15, 0.2) is 0 Å². The second-order valence-electron chi connectivity index (χ2n) is 8.04. The van der Waals surface area contributed by atoms with E-state index < -0.39 is 10.0 Å². The number of anilines is 2. The van der Waals surface area contributed by atoms with E-state index in [1.807, 2.05) is 38.1 Å². The molecule has 2 rings (SSSR count). The molecule has 0 aromatic heterocycles.